The molecule has 1 aromatic rings. The van der Waals surface area contributed by atoms with Crippen LogP contribution in [0.1, 0.15) is 49.5 Å². The molecule has 1 saturated carbocycles. The van der Waals surface area contributed by atoms with E-state index >= 15 is 0 Å². The van der Waals surface area contributed by atoms with Crippen LogP contribution in [0.2, 0.25) is 0 Å². The SMILES string of the molecule is C=C1CC2COC(=O)C2(Cc2ccc(C(=O)OC(C)(C)C)cc2)C1. The number of esters is 2. The Labute approximate surface area is 142 Å². The number of ether oxygens (including phenoxy) is 2. The maximum absolute atomic E-state index is 12.3. The Morgan fingerprint density at radius 3 is 2.62 bits per heavy atom. The molecule has 2 unspecified atom stereocenters. The first-order chi connectivity index (χ1) is 11.2. The van der Waals surface area contributed by atoms with Gasteiger partial charge in [-0.3, -0.25) is 4.79 Å². The standard InChI is InChI=1S/C20H24O4/c1-13-9-16-12-23-18(22)20(16,10-13)11-14-5-7-15(8-6-14)17(21)24-19(2,3)4/h5-8,16H,1,9-12H2,2-4H3. The van der Waals surface area contributed by atoms with Gasteiger partial charge in [-0.05, 0) is 57.7 Å². The van der Waals surface area contributed by atoms with E-state index in [0.717, 1.165) is 17.6 Å². The topological polar surface area (TPSA) is 52.6 Å². The average molecular weight is 328 g/mol. The second-order valence-electron chi connectivity index (χ2n) is 7.96. The second-order valence-corrected chi connectivity index (χ2v) is 7.96. The van der Waals surface area contributed by atoms with Gasteiger partial charge in [-0.2, -0.15) is 0 Å². The molecule has 3 rings (SSSR count). The summed E-state index contributed by atoms with van der Waals surface area (Å²) < 4.78 is 10.7. The Hall–Kier alpha value is -2.10. The van der Waals surface area contributed by atoms with Gasteiger partial charge in [0.2, 0.25) is 0 Å². The highest BCUT2D eigenvalue weighted by atomic mass is 16.6. The quantitative estimate of drug-likeness (QED) is 0.627. The molecular formula is C20H24O4. The van der Waals surface area contributed by atoms with E-state index < -0.39 is 11.0 Å². The molecule has 2 atom stereocenters. The van der Waals surface area contributed by atoms with Crippen LogP contribution in [-0.2, 0) is 20.7 Å². The largest absolute Gasteiger partial charge is 0.465 e. The number of carbonyl (C=O) groups is 2. The molecule has 0 spiro atoms. The summed E-state index contributed by atoms with van der Waals surface area (Å²) in [6.45, 7) is 10.1. The molecule has 1 saturated heterocycles. The van der Waals surface area contributed by atoms with Gasteiger partial charge in [0, 0.05) is 5.92 Å². The fourth-order valence-electron chi connectivity index (χ4n) is 3.72. The molecule has 0 N–H and O–H groups in total. The van der Waals surface area contributed by atoms with Crippen molar-refractivity contribution in [1.82, 2.24) is 0 Å². The first-order valence-corrected chi connectivity index (χ1v) is 8.36. The minimum absolute atomic E-state index is 0.109. The van der Waals surface area contributed by atoms with Crippen LogP contribution in [0.3, 0.4) is 0 Å². The van der Waals surface area contributed by atoms with Gasteiger partial charge in [0.05, 0.1) is 17.6 Å². The van der Waals surface area contributed by atoms with Crippen LogP contribution in [0, 0.1) is 11.3 Å². The fourth-order valence-corrected chi connectivity index (χ4v) is 3.72. The van der Waals surface area contributed by atoms with Crippen LogP contribution in [0.5, 0.6) is 0 Å². The minimum atomic E-state index is -0.514. The van der Waals surface area contributed by atoms with Crippen molar-refractivity contribution >= 4 is 11.9 Å². The highest BCUT2D eigenvalue weighted by Gasteiger charge is 2.55. The van der Waals surface area contributed by atoms with Crippen LogP contribution in [0.4, 0.5) is 0 Å². The zero-order valence-corrected chi connectivity index (χ0v) is 14.6. The first-order valence-electron chi connectivity index (χ1n) is 8.36. The molecule has 4 heteroatoms. The molecule has 1 heterocycles. The van der Waals surface area contributed by atoms with Gasteiger partial charge < -0.3 is 9.47 Å². The van der Waals surface area contributed by atoms with Crippen molar-refractivity contribution < 1.29 is 19.1 Å². The molecule has 1 aliphatic carbocycles. The van der Waals surface area contributed by atoms with Crippen LogP contribution in [-0.4, -0.2) is 24.1 Å². The number of hydrogen-bond acceptors (Lipinski definition) is 4. The van der Waals surface area contributed by atoms with Crippen molar-refractivity contribution in [2.24, 2.45) is 11.3 Å². The summed E-state index contributed by atoms with van der Waals surface area (Å²) >= 11 is 0. The van der Waals surface area contributed by atoms with Crippen LogP contribution in [0.15, 0.2) is 36.4 Å². The molecule has 1 aliphatic heterocycles. The molecule has 128 valence electrons. The van der Waals surface area contributed by atoms with Crippen molar-refractivity contribution in [2.45, 2.75) is 45.6 Å². The summed E-state index contributed by atoms with van der Waals surface area (Å²) in [6.07, 6.45) is 2.19. The fraction of sp³-hybridized carbons (Fsp3) is 0.500. The summed E-state index contributed by atoms with van der Waals surface area (Å²) in [5, 5.41) is 0. The number of hydrogen-bond donors (Lipinski definition) is 0. The van der Waals surface area contributed by atoms with Crippen LogP contribution >= 0.6 is 0 Å². The van der Waals surface area contributed by atoms with Gasteiger partial charge in [-0.25, -0.2) is 4.79 Å². The monoisotopic (exact) mass is 328 g/mol. The van der Waals surface area contributed by atoms with Crippen molar-refractivity contribution in [2.75, 3.05) is 6.61 Å². The Balaban J connectivity index is 1.76. The van der Waals surface area contributed by atoms with Crippen molar-refractivity contribution in [3.63, 3.8) is 0 Å². The molecule has 0 amide bonds. The lowest BCUT2D eigenvalue weighted by atomic mass is 9.75. The third-order valence-electron chi connectivity index (χ3n) is 4.81. The van der Waals surface area contributed by atoms with Gasteiger partial charge in [0.1, 0.15) is 5.60 Å². The molecule has 2 fully saturated rings. The van der Waals surface area contributed by atoms with Gasteiger partial charge in [-0.1, -0.05) is 24.3 Å². The average Bonchev–Trinajstić information content (AvgIpc) is 2.93. The summed E-state index contributed by atoms with van der Waals surface area (Å²) in [5.41, 5.74) is 1.69. The Bertz CT molecular complexity index is 681. The van der Waals surface area contributed by atoms with Gasteiger partial charge in [0.15, 0.2) is 0 Å². The molecule has 1 aromatic carbocycles. The number of carbonyl (C=O) groups excluding carboxylic acids is 2. The minimum Gasteiger partial charge on any atom is -0.465 e. The smallest absolute Gasteiger partial charge is 0.338 e. The number of fused-ring (bicyclic) bond motifs is 1. The van der Waals surface area contributed by atoms with E-state index in [1.54, 1.807) is 12.1 Å². The first kappa shape index (κ1) is 16.7. The van der Waals surface area contributed by atoms with E-state index in [2.05, 4.69) is 6.58 Å². The van der Waals surface area contributed by atoms with E-state index in [1.807, 2.05) is 32.9 Å². The van der Waals surface area contributed by atoms with E-state index in [9.17, 15) is 9.59 Å². The Morgan fingerprint density at radius 1 is 1.33 bits per heavy atom. The number of cyclic esters (lactones) is 1. The molecule has 0 radical (unpaired) electrons. The predicted octanol–water partition coefficient (Wildman–Crippen LogP) is 3.69. The molecule has 0 aromatic heterocycles. The van der Waals surface area contributed by atoms with E-state index in [-0.39, 0.29) is 17.9 Å². The second kappa shape index (κ2) is 5.76. The lowest BCUT2D eigenvalue weighted by Crippen LogP contribution is -2.31. The summed E-state index contributed by atoms with van der Waals surface area (Å²) in [4.78, 5) is 24.4. The van der Waals surface area contributed by atoms with E-state index in [4.69, 9.17) is 9.47 Å². The van der Waals surface area contributed by atoms with Crippen LogP contribution in [0.25, 0.3) is 0 Å². The highest BCUT2D eigenvalue weighted by Crippen LogP contribution is 2.52. The summed E-state index contributed by atoms with van der Waals surface area (Å²) in [7, 11) is 0. The number of allylic oxidation sites excluding steroid dienone is 1. The zero-order chi connectivity index (χ0) is 17.5. The molecule has 24 heavy (non-hydrogen) atoms. The molecule has 2 aliphatic rings. The van der Waals surface area contributed by atoms with Gasteiger partial charge >= 0.3 is 11.9 Å². The van der Waals surface area contributed by atoms with Gasteiger partial charge in [-0.15, -0.1) is 0 Å². The normalized spacial score (nSPS) is 26.2. The van der Waals surface area contributed by atoms with Crippen molar-refractivity contribution in [3.05, 3.63) is 47.5 Å². The third-order valence-corrected chi connectivity index (χ3v) is 4.81. The summed E-state index contributed by atoms with van der Waals surface area (Å²) in [5.74, 6) is -0.218. The maximum atomic E-state index is 12.3. The number of benzene rings is 1. The summed E-state index contributed by atoms with van der Waals surface area (Å²) in [6, 6.07) is 7.33. The van der Waals surface area contributed by atoms with Crippen molar-refractivity contribution in [1.29, 1.82) is 0 Å². The lowest BCUT2D eigenvalue weighted by molar-refractivity contribution is -0.146. The Morgan fingerprint density at radius 2 is 2.00 bits per heavy atom. The molecular weight excluding hydrogens is 304 g/mol. The lowest BCUT2D eigenvalue weighted by Gasteiger charge is -2.24. The third kappa shape index (κ3) is 3.10. The van der Waals surface area contributed by atoms with Gasteiger partial charge in [0.25, 0.3) is 0 Å². The van der Waals surface area contributed by atoms with Crippen LogP contribution < -0.4 is 0 Å². The number of rotatable bonds is 3. The predicted molar refractivity (Wildman–Crippen MR) is 90.6 cm³/mol. The van der Waals surface area contributed by atoms with E-state index in [0.29, 0.717) is 25.0 Å². The maximum Gasteiger partial charge on any atom is 0.338 e. The van der Waals surface area contributed by atoms with E-state index in [1.165, 1.54) is 0 Å². The zero-order valence-electron chi connectivity index (χ0n) is 14.6. The molecule has 4 nitrogen and oxygen atoms in total. The van der Waals surface area contributed by atoms with Crippen molar-refractivity contribution in [3.8, 4) is 0 Å². The Kier molecular flexibility index (Phi) is 4.02. The molecule has 0 bridgehead atoms. The highest BCUT2D eigenvalue weighted by molar-refractivity contribution is 5.89.